The largest absolute Gasteiger partial charge is 0.471 e. The Morgan fingerprint density at radius 2 is 1.88 bits per heavy atom. The van der Waals surface area contributed by atoms with Gasteiger partial charge in [-0.2, -0.15) is 10.2 Å². The summed E-state index contributed by atoms with van der Waals surface area (Å²) in [5, 5.41) is 11.0. The summed E-state index contributed by atoms with van der Waals surface area (Å²) in [6.07, 6.45) is 3.46. The quantitative estimate of drug-likeness (QED) is 0.782. The van der Waals surface area contributed by atoms with Gasteiger partial charge in [-0.05, 0) is 43.2 Å². The molecule has 7 nitrogen and oxygen atoms in total. The molecule has 0 aliphatic rings. The molecule has 0 aliphatic heterocycles. The lowest BCUT2D eigenvalue weighted by atomic mass is 10.1. The van der Waals surface area contributed by atoms with Crippen LogP contribution in [-0.2, 0) is 13.8 Å². The number of carbonyl (C=O) groups excluding carboxylic acids is 1. The first-order valence-corrected chi connectivity index (χ1v) is 7.55. The first-order chi connectivity index (χ1) is 11.5. The predicted octanol–water partition coefficient (Wildman–Crippen LogP) is 2.52. The molecule has 2 heterocycles. The molecule has 0 radical (unpaired) electrons. The van der Waals surface area contributed by atoms with Crippen molar-refractivity contribution in [1.82, 2.24) is 19.6 Å². The van der Waals surface area contributed by atoms with Gasteiger partial charge in [0.2, 0.25) is 0 Å². The van der Waals surface area contributed by atoms with E-state index in [-0.39, 0.29) is 12.6 Å². The highest BCUT2D eigenvalue weighted by atomic mass is 16.5. The minimum atomic E-state index is -0.307. The molecule has 0 unspecified atom stereocenters. The second kappa shape index (κ2) is 6.57. The van der Waals surface area contributed by atoms with Gasteiger partial charge in [-0.25, -0.2) is 4.68 Å². The standard InChI is InChI=1S/C17H19N5O2/c1-12-8-13(2)10-14(9-12)24-11-22-7-4-15(19-22)17(23)18-16-5-6-21(3)20-16/h4-10H,11H2,1-3H3,(H,18,20,23). The molecule has 1 aromatic carbocycles. The molecule has 0 spiro atoms. The van der Waals surface area contributed by atoms with E-state index in [9.17, 15) is 4.79 Å². The Bertz CT molecular complexity index is 845. The molecule has 0 atom stereocenters. The summed E-state index contributed by atoms with van der Waals surface area (Å²) in [4.78, 5) is 12.1. The van der Waals surface area contributed by atoms with Gasteiger partial charge < -0.3 is 10.1 Å². The molecule has 0 aliphatic carbocycles. The zero-order chi connectivity index (χ0) is 17.1. The SMILES string of the molecule is Cc1cc(C)cc(OCn2ccc(C(=O)Nc3ccn(C)n3)n2)c1. The molecule has 2 aromatic heterocycles. The zero-order valence-electron chi connectivity index (χ0n) is 13.9. The highest BCUT2D eigenvalue weighted by Gasteiger charge is 2.11. The first kappa shape index (κ1) is 15.8. The number of carbonyl (C=O) groups is 1. The van der Waals surface area contributed by atoms with Gasteiger partial charge in [0.25, 0.3) is 5.91 Å². The summed E-state index contributed by atoms with van der Waals surface area (Å²) >= 11 is 0. The number of nitrogens with zero attached hydrogens (tertiary/aromatic N) is 4. The van der Waals surface area contributed by atoms with Crippen molar-refractivity contribution in [3.05, 3.63) is 59.5 Å². The molecule has 7 heteroatoms. The lowest BCUT2D eigenvalue weighted by Gasteiger charge is -2.08. The third-order valence-electron chi connectivity index (χ3n) is 3.39. The third-order valence-corrected chi connectivity index (χ3v) is 3.39. The smallest absolute Gasteiger partial charge is 0.277 e. The van der Waals surface area contributed by atoms with E-state index >= 15 is 0 Å². The van der Waals surface area contributed by atoms with Gasteiger partial charge in [0, 0.05) is 25.5 Å². The first-order valence-electron chi connectivity index (χ1n) is 7.55. The number of amides is 1. The van der Waals surface area contributed by atoms with Crippen LogP contribution < -0.4 is 10.1 Å². The Labute approximate surface area is 139 Å². The molecule has 0 saturated heterocycles. The number of hydrogen-bond acceptors (Lipinski definition) is 4. The highest BCUT2D eigenvalue weighted by Crippen LogP contribution is 2.16. The van der Waals surface area contributed by atoms with Crippen LogP contribution >= 0.6 is 0 Å². The lowest BCUT2D eigenvalue weighted by Crippen LogP contribution is -2.14. The van der Waals surface area contributed by atoms with Gasteiger partial charge >= 0.3 is 0 Å². The highest BCUT2D eigenvalue weighted by molar-refractivity contribution is 6.02. The van der Waals surface area contributed by atoms with Gasteiger partial charge in [0.05, 0.1) is 0 Å². The van der Waals surface area contributed by atoms with Crippen LogP contribution in [0.25, 0.3) is 0 Å². The Morgan fingerprint density at radius 1 is 1.12 bits per heavy atom. The van der Waals surface area contributed by atoms with Crippen LogP contribution in [0.3, 0.4) is 0 Å². The molecule has 0 bridgehead atoms. The van der Waals surface area contributed by atoms with Crippen molar-refractivity contribution in [3.63, 3.8) is 0 Å². The average molecular weight is 325 g/mol. The topological polar surface area (TPSA) is 74.0 Å². The fraction of sp³-hybridized carbons (Fsp3) is 0.235. The van der Waals surface area contributed by atoms with Crippen molar-refractivity contribution in [2.75, 3.05) is 5.32 Å². The maximum absolute atomic E-state index is 12.1. The van der Waals surface area contributed by atoms with Crippen LogP contribution in [0, 0.1) is 13.8 Å². The van der Waals surface area contributed by atoms with Crippen molar-refractivity contribution in [2.24, 2.45) is 7.05 Å². The van der Waals surface area contributed by atoms with E-state index in [1.54, 1.807) is 40.9 Å². The number of anilines is 1. The Balaban J connectivity index is 1.61. The van der Waals surface area contributed by atoms with Gasteiger partial charge in [0.15, 0.2) is 18.2 Å². The Hall–Kier alpha value is -3.09. The third kappa shape index (κ3) is 3.81. The fourth-order valence-electron chi connectivity index (χ4n) is 2.37. The average Bonchev–Trinajstić information content (AvgIpc) is 3.13. The van der Waals surface area contributed by atoms with E-state index < -0.39 is 0 Å². The summed E-state index contributed by atoms with van der Waals surface area (Å²) < 4.78 is 8.91. The molecule has 0 fully saturated rings. The number of nitrogens with one attached hydrogen (secondary N) is 1. The molecule has 124 valence electrons. The minimum Gasteiger partial charge on any atom is -0.471 e. The maximum Gasteiger partial charge on any atom is 0.277 e. The number of ether oxygens (including phenoxy) is 1. The van der Waals surface area contributed by atoms with Crippen LogP contribution in [0.15, 0.2) is 42.7 Å². The summed E-state index contributed by atoms with van der Waals surface area (Å²) in [6.45, 7) is 4.28. The number of rotatable bonds is 5. The monoisotopic (exact) mass is 325 g/mol. The van der Waals surface area contributed by atoms with Crippen molar-refractivity contribution < 1.29 is 9.53 Å². The molecule has 1 N–H and O–H groups in total. The maximum atomic E-state index is 12.1. The predicted molar refractivity (Wildman–Crippen MR) is 89.9 cm³/mol. The number of aryl methyl sites for hydroxylation is 3. The van der Waals surface area contributed by atoms with Crippen LogP contribution in [-0.4, -0.2) is 25.5 Å². The Morgan fingerprint density at radius 3 is 2.54 bits per heavy atom. The second-order valence-electron chi connectivity index (χ2n) is 5.67. The van der Waals surface area contributed by atoms with Gasteiger partial charge in [-0.15, -0.1) is 0 Å². The lowest BCUT2D eigenvalue weighted by molar-refractivity contribution is 0.102. The van der Waals surface area contributed by atoms with Gasteiger partial charge in [-0.1, -0.05) is 6.07 Å². The van der Waals surface area contributed by atoms with E-state index in [1.807, 2.05) is 26.0 Å². The summed E-state index contributed by atoms with van der Waals surface area (Å²) in [5.41, 5.74) is 2.59. The number of hydrogen-bond donors (Lipinski definition) is 1. The molecule has 3 rings (SSSR count). The van der Waals surface area contributed by atoms with Crippen LogP contribution in [0.2, 0.25) is 0 Å². The summed E-state index contributed by atoms with van der Waals surface area (Å²) in [5.74, 6) is 0.963. The molecular formula is C17H19N5O2. The molecule has 1 amide bonds. The molecule has 24 heavy (non-hydrogen) atoms. The van der Waals surface area contributed by atoms with E-state index in [1.165, 1.54) is 0 Å². The Kier molecular flexibility index (Phi) is 4.33. The van der Waals surface area contributed by atoms with Crippen LogP contribution in [0.4, 0.5) is 5.82 Å². The number of benzene rings is 1. The molecule has 0 saturated carbocycles. The minimum absolute atomic E-state index is 0.236. The zero-order valence-corrected chi connectivity index (χ0v) is 13.9. The normalized spacial score (nSPS) is 10.6. The van der Waals surface area contributed by atoms with Crippen molar-refractivity contribution in [3.8, 4) is 5.75 Å². The number of aromatic nitrogens is 4. The van der Waals surface area contributed by atoms with Crippen LogP contribution in [0.1, 0.15) is 21.6 Å². The fourth-order valence-corrected chi connectivity index (χ4v) is 2.37. The van der Waals surface area contributed by atoms with E-state index in [0.717, 1.165) is 16.9 Å². The van der Waals surface area contributed by atoms with E-state index in [0.29, 0.717) is 11.5 Å². The van der Waals surface area contributed by atoms with E-state index in [4.69, 9.17) is 4.74 Å². The van der Waals surface area contributed by atoms with Crippen molar-refractivity contribution >= 4 is 11.7 Å². The molecule has 3 aromatic rings. The van der Waals surface area contributed by atoms with Crippen molar-refractivity contribution in [2.45, 2.75) is 20.6 Å². The van der Waals surface area contributed by atoms with E-state index in [2.05, 4.69) is 21.6 Å². The molecular weight excluding hydrogens is 306 g/mol. The van der Waals surface area contributed by atoms with Gasteiger partial charge in [0.1, 0.15) is 5.75 Å². The summed E-state index contributed by atoms with van der Waals surface area (Å²) in [7, 11) is 1.79. The van der Waals surface area contributed by atoms with Gasteiger partial charge in [-0.3, -0.25) is 9.48 Å². The van der Waals surface area contributed by atoms with Crippen LogP contribution in [0.5, 0.6) is 5.75 Å². The second-order valence-corrected chi connectivity index (χ2v) is 5.67. The summed E-state index contributed by atoms with van der Waals surface area (Å²) in [6, 6.07) is 9.37. The van der Waals surface area contributed by atoms with Crippen molar-refractivity contribution in [1.29, 1.82) is 0 Å².